The highest BCUT2D eigenvalue weighted by molar-refractivity contribution is 6.55. The van der Waals surface area contributed by atoms with Gasteiger partial charge in [-0.15, -0.1) is 0 Å². The molecule has 26 heavy (non-hydrogen) atoms. The van der Waals surface area contributed by atoms with Crippen molar-refractivity contribution >= 4 is 40.6 Å². The van der Waals surface area contributed by atoms with Crippen molar-refractivity contribution in [1.82, 2.24) is 4.90 Å². The maximum absolute atomic E-state index is 13.8. The van der Waals surface area contributed by atoms with Crippen molar-refractivity contribution < 1.29 is 18.8 Å². The molecule has 7 heteroatoms. The number of nitrogens with one attached hydrogen (secondary N) is 1. The number of nitrogens with zero attached hydrogens (tertiary/aromatic N) is 1. The van der Waals surface area contributed by atoms with Crippen molar-refractivity contribution in [3.8, 4) is 0 Å². The summed E-state index contributed by atoms with van der Waals surface area (Å²) in [5, 5.41) is 2.40. The van der Waals surface area contributed by atoms with Gasteiger partial charge in [-0.3, -0.25) is 19.3 Å². The number of anilines is 1. The fourth-order valence-electron chi connectivity index (χ4n) is 2.66. The lowest BCUT2D eigenvalue weighted by Gasteiger charge is -2.15. The number of hydrogen-bond donors (Lipinski definition) is 1. The summed E-state index contributed by atoms with van der Waals surface area (Å²) in [6.07, 6.45) is 0. The quantitative estimate of drug-likeness (QED) is 0.837. The van der Waals surface area contributed by atoms with Crippen molar-refractivity contribution in [1.29, 1.82) is 0 Å². The molecule has 1 aliphatic heterocycles. The van der Waals surface area contributed by atoms with Crippen molar-refractivity contribution in [3.63, 3.8) is 0 Å². The van der Waals surface area contributed by atoms with Gasteiger partial charge in [0, 0.05) is 18.2 Å². The van der Waals surface area contributed by atoms with Crippen LogP contribution in [0.4, 0.5) is 10.1 Å². The number of amides is 3. The topological polar surface area (TPSA) is 66.5 Å². The van der Waals surface area contributed by atoms with Crippen molar-refractivity contribution in [2.75, 3.05) is 5.32 Å². The van der Waals surface area contributed by atoms with E-state index in [-0.39, 0.29) is 28.6 Å². The molecule has 0 spiro atoms. The zero-order chi connectivity index (χ0) is 18.8. The number of rotatable bonds is 4. The first-order valence-corrected chi connectivity index (χ1v) is 8.13. The molecule has 132 valence electrons. The lowest BCUT2D eigenvalue weighted by atomic mass is 10.1. The number of carbonyl (C=O) groups excluding carboxylic acids is 3. The Morgan fingerprint density at radius 3 is 2.35 bits per heavy atom. The molecule has 3 amide bonds. The van der Waals surface area contributed by atoms with Crippen LogP contribution in [-0.4, -0.2) is 22.6 Å². The van der Waals surface area contributed by atoms with Gasteiger partial charge in [0.25, 0.3) is 11.8 Å². The van der Waals surface area contributed by atoms with Gasteiger partial charge in [0.2, 0.25) is 5.91 Å². The smallest absolute Gasteiger partial charge is 0.273 e. The number of hydrogen-bond acceptors (Lipinski definition) is 3. The van der Waals surface area contributed by atoms with Crippen LogP contribution in [0.1, 0.15) is 18.1 Å². The summed E-state index contributed by atoms with van der Waals surface area (Å²) in [6.45, 7) is 1.18. The Morgan fingerprint density at radius 1 is 1.08 bits per heavy atom. The minimum atomic E-state index is -0.666. The molecule has 2 aromatic rings. The molecule has 0 saturated carbocycles. The van der Waals surface area contributed by atoms with Crippen LogP contribution in [0.25, 0.3) is 5.57 Å². The van der Waals surface area contributed by atoms with E-state index in [1.807, 2.05) is 0 Å². The molecule has 3 rings (SSSR count). The molecule has 0 bridgehead atoms. The molecule has 5 nitrogen and oxygen atoms in total. The third kappa shape index (κ3) is 3.36. The second kappa shape index (κ2) is 7.09. The highest BCUT2D eigenvalue weighted by atomic mass is 35.5. The number of halogens is 2. The van der Waals surface area contributed by atoms with Crippen LogP contribution in [0.3, 0.4) is 0 Å². The lowest BCUT2D eigenvalue weighted by Crippen LogP contribution is -2.31. The molecule has 2 aromatic carbocycles. The number of benzene rings is 2. The standard InChI is InChI=1S/C19H14ClFN2O3/c1-11(24)22-14-8-6-12(7-9-14)16-17(20)19(26)23(18(16)25)10-13-4-2-3-5-15(13)21/h2-9H,10H2,1H3,(H,22,24). The van der Waals surface area contributed by atoms with Crippen LogP contribution in [-0.2, 0) is 20.9 Å². The van der Waals surface area contributed by atoms with E-state index in [4.69, 9.17) is 11.6 Å². The van der Waals surface area contributed by atoms with Gasteiger partial charge in [-0.1, -0.05) is 41.9 Å². The van der Waals surface area contributed by atoms with Crippen molar-refractivity contribution in [2.24, 2.45) is 0 Å². The van der Waals surface area contributed by atoms with E-state index in [0.29, 0.717) is 11.3 Å². The van der Waals surface area contributed by atoms with Gasteiger partial charge in [0.05, 0.1) is 12.1 Å². The molecule has 0 fully saturated rings. The first-order valence-electron chi connectivity index (χ1n) is 7.76. The summed E-state index contributed by atoms with van der Waals surface area (Å²) in [5.74, 6) is -1.98. The SMILES string of the molecule is CC(=O)Nc1ccc(C2=C(Cl)C(=O)N(Cc3ccccc3F)C2=O)cc1. The summed E-state index contributed by atoms with van der Waals surface area (Å²) < 4.78 is 13.8. The third-order valence-electron chi connectivity index (χ3n) is 3.89. The molecule has 0 radical (unpaired) electrons. The summed E-state index contributed by atoms with van der Waals surface area (Å²) >= 11 is 6.09. The van der Waals surface area contributed by atoms with E-state index in [2.05, 4.69) is 5.32 Å². The lowest BCUT2D eigenvalue weighted by molar-refractivity contribution is -0.137. The molecule has 1 heterocycles. The van der Waals surface area contributed by atoms with Gasteiger partial charge in [0.15, 0.2) is 0 Å². The normalized spacial score (nSPS) is 14.2. The van der Waals surface area contributed by atoms with E-state index < -0.39 is 17.6 Å². The van der Waals surface area contributed by atoms with Gasteiger partial charge in [-0.2, -0.15) is 0 Å². The minimum absolute atomic E-state index is 0.0578. The molecule has 0 saturated heterocycles. The van der Waals surface area contributed by atoms with E-state index in [1.54, 1.807) is 30.3 Å². The van der Waals surface area contributed by atoms with Crippen LogP contribution in [0, 0.1) is 5.82 Å². The Kier molecular flexibility index (Phi) is 4.86. The second-order valence-electron chi connectivity index (χ2n) is 5.74. The Bertz CT molecular complexity index is 938. The van der Waals surface area contributed by atoms with Gasteiger partial charge in [-0.05, 0) is 23.8 Å². The molecular weight excluding hydrogens is 359 g/mol. The predicted molar refractivity (Wildman–Crippen MR) is 95.5 cm³/mol. The third-order valence-corrected chi connectivity index (χ3v) is 4.24. The zero-order valence-corrected chi connectivity index (χ0v) is 14.5. The largest absolute Gasteiger partial charge is 0.326 e. The highest BCUT2D eigenvalue weighted by Crippen LogP contribution is 2.33. The summed E-state index contributed by atoms with van der Waals surface area (Å²) in [6, 6.07) is 12.3. The van der Waals surface area contributed by atoms with Gasteiger partial charge < -0.3 is 5.32 Å². The molecule has 0 aliphatic carbocycles. The van der Waals surface area contributed by atoms with Crippen molar-refractivity contribution in [2.45, 2.75) is 13.5 Å². The molecular formula is C19H14ClFN2O3. The fraction of sp³-hybridized carbons (Fsp3) is 0.105. The zero-order valence-electron chi connectivity index (χ0n) is 13.8. The summed E-state index contributed by atoms with van der Waals surface area (Å²) in [5.41, 5.74) is 1.28. The van der Waals surface area contributed by atoms with Gasteiger partial charge in [-0.25, -0.2) is 4.39 Å². The molecule has 0 unspecified atom stereocenters. The molecule has 0 aromatic heterocycles. The van der Waals surface area contributed by atoms with E-state index in [1.165, 1.54) is 25.1 Å². The number of carbonyl (C=O) groups is 3. The predicted octanol–water partition coefficient (Wildman–Crippen LogP) is 3.30. The highest BCUT2D eigenvalue weighted by Gasteiger charge is 2.38. The molecule has 1 aliphatic rings. The maximum Gasteiger partial charge on any atom is 0.273 e. The Labute approximate surface area is 154 Å². The van der Waals surface area contributed by atoms with E-state index in [9.17, 15) is 18.8 Å². The van der Waals surface area contributed by atoms with Crippen LogP contribution in [0.5, 0.6) is 0 Å². The first-order chi connectivity index (χ1) is 12.4. The Hall–Kier alpha value is -2.99. The minimum Gasteiger partial charge on any atom is -0.326 e. The average Bonchev–Trinajstić information content (AvgIpc) is 2.81. The fourth-order valence-corrected chi connectivity index (χ4v) is 2.95. The number of imide groups is 1. The van der Waals surface area contributed by atoms with Gasteiger partial charge in [0.1, 0.15) is 10.8 Å². The van der Waals surface area contributed by atoms with E-state index >= 15 is 0 Å². The summed E-state index contributed by atoms with van der Waals surface area (Å²) in [7, 11) is 0. The van der Waals surface area contributed by atoms with E-state index in [0.717, 1.165) is 4.90 Å². The van der Waals surface area contributed by atoms with Gasteiger partial charge >= 0.3 is 0 Å². The van der Waals surface area contributed by atoms with Crippen LogP contribution in [0.15, 0.2) is 53.6 Å². The Balaban J connectivity index is 1.87. The summed E-state index contributed by atoms with van der Waals surface area (Å²) in [4.78, 5) is 37.0. The monoisotopic (exact) mass is 372 g/mol. The maximum atomic E-state index is 13.8. The molecule has 1 N–H and O–H groups in total. The second-order valence-corrected chi connectivity index (χ2v) is 6.11. The van der Waals surface area contributed by atoms with Crippen LogP contribution in [0.2, 0.25) is 0 Å². The molecule has 0 atom stereocenters. The Morgan fingerprint density at radius 2 is 1.73 bits per heavy atom. The van der Waals surface area contributed by atoms with Crippen LogP contribution >= 0.6 is 11.6 Å². The average molecular weight is 373 g/mol. The first kappa shape index (κ1) is 17.8. The van der Waals surface area contributed by atoms with Crippen molar-refractivity contribution in [3.05, 3.63) is 70.5 Å². The van der Waals surface area contributed by atoms with Crippen LogP contribution < -0.4 is 5.32 Å².